The zero-order chi connectivity index (χ0) is 17.9. The molecule has 1 amide bonds. The molecule has 0 fully saturated rings. The third kappa shape index (κ3) is 4.91. The summed E-state index contributed by atoms with van der Waals surface area (Å²) >= 11 is 0. The van der Waals surface area contributed by atoms with Gasteiger partial charge in [0.25, 0.3) is 0 Å². The fourth-order valence-corrected chi connectivity index (χ4v) is 2.74. The Kier molecular flexibility index (Phi) is 5.42. The Morgan fingerprint density at radius 2 is 1.71 bits per heavy atom. The standard InChI is InChI=1S/C19H25NO4/c1-13(21)11-17(22)16-6-5-14-7-9-20(10-8-15(14)12-16)18(23)24-19(2,3)4/h5-6,12H,7-11H2,1-4H3. The molecule has 0 aromatic heterocycles. The molecule has 0 spiro atoms. The van der Waals surface area contributed by atoms with Crippen LogP contribution in [0.4, 0.5) is 4.79 Å². The van der Waals surface area contributed by atoms with E-state index in [9.17, 15) is 14.4 Å². The maximum Gasteiger partial charge on any atom is 0.410 e. The molecular formula is C19H25NO4. The smallest absolute Gasteiger partial charge is 0.410 e. The van der Waals surface area contributed by atoms with Crippen molar-refractivity contribution in [1.82, 2.24) is 4.90 Å². The van der Waals surface area contributed by atoms with E-state index in [1.807, 2.05) is 32.9 Å². The number of carbonyl (C=O) groups excluding carboxylic acids is 3. The number of fused-ring (bicyclic) bond motifs is 1. The third-order valence-corrected chi connectivity index (χ3v) is 3.89. The van der Waals surface area contributed by atoms with Crippen LogP contribution in [0.3, 0.4) is 0 Å². The zero-order valence-electron chi connectivity index (χ0n) is 14.8. The third-order valence-electron chi connectivity index (χ3n) is 3.89. The van der Waals surface area contributed by atoms with Crippen LogP contribution in [0.25, 0.3) is 0 Å². The number of benzene rings is 1. The van der Waals surface area contributed by atoms with Crippen molar-refractivity contribution in [2.75, 3.05) is 13.1 Å². The van der Waals surface area contributed by atoms with Gasteiger partial charge in [-0.3, -0.25) is 9.59 Å². The predicted octanol–water partition coefficient (Wildman–Crippen LogP) is 3.18. The highest BCUT2D eigenvalue weighted by Gasteiger charge is 2.24. The Bertz CT molecular complexity index is 658. The molecule has 2 rings (SSSR count). The maximum atomic E-state index is 12.2. The molecule has 5 heteroatoms. The summed E-state index contributed by atoms with van der Waals surface area (Å²) in [5.41, 5.74) is 2.26. The van der Waals surface area contributed by atoms with E-state index in [1.165, 1.54) is 6.92 Å². The van der Waals surface area contributed by atoms with Gasteiger partial charge in [-0.2, -0.15) is 0 Å². The summed E-state index contributed by atoms with van der Waals surface area (Å²) < 4.78 is 5.43. The molecule has 0 unspecified atom stereocenters. The molecule has 0 saturated carbocycles. The molecule has 0 bridgehead atoms. The van der Waals surface area contributed by atoms with Gasteiger partial charge in [0.1, 0.15) is 11.4 Å². The fourth-order valence-electron chi connectivity index (χ4n) is 2.74. The lowest BCUT2D eigenvalue weighted by molar-refractivity contribution is -0.116. The summed E-state index contributed by atoms with van der Waals surface area (Å²) in [6.45, 7) is 8.13. The Balaban J connectivity index is 2.09. The molecule has 130 valence electrons. The minimum atomic E-state index is -0.511. The SMILES string of the molecule is CC(=O)CC(=O)c1ccc2c(c1)CCN(C(=O)OC(C)(C)C)CC2. The van der Waals surface area contributed by atoms with Gasteiger partial charge in [0.2, 0.25) is 0 Å². The monoisotopic (exact) mass is 331 g/mol. The summed E-state index contributed by atoms with van der Waals surface area (Å²) in [6, 6.07) is 5.56. The quantitative estimate of drug-likeness (QED) is 0.630. The minimum Gasteiger partial charge on any atom is -0.444 e. The average molecular weight is 331 g/mol. The first-order chi connectivity index (χ1) is 11.2. The summed E-state index contributed by atoms with van der Waals surface area (Å²) in [7, 11) is 0. The Labute approximate surface area is 143 Å². The lowest BCUT2D eigenvalue weighted by atomic mass is 9.97. The predicted molar refractivity (Wildman–Crippen MR) is 91.3 cm³/mol. The number of Topliss-reactive ketones (excluding diaryl/α,β-unsaturated/α-hetero) is 2. The van der Waals surface area contributed by atoms with E-state index in [-0.39, 0.29) is 24.1 Å². The van der Waals surface area contributed by atoms with E-state index in [0.717, 1.165) is 17.5 Å². The molecule has 0 aliphatic carbocycles. The van der Waals surface area contributed by atoms with Crippen LogP contribution >= 0.6 is 0 Å². The molecule has 0 atom stereocenters. The molecule has 1 aliphatic rings. The largest absolute Gasteiger partial charge is 0.444 e. The first-order valence-corrected chi connectivity index (χ1v) is 8.28. The minimum absolute atomic E-state index is 0.0666. The van der Waals surface area contributed by atoms with Gasteiger partial charge < -0.3 is 9.64 Å². The number of hydrogen-bond donors (Lipinski definition) is 0. The number of hydrogen-bond acceptors (Lipinski definition) is 4. The van der Waals surface area contributed by atoms with Gasteiger partial charge in [-0.15, -0.1) is 0 Å². The number of carbonyl (C=O) groups is 3. The lowest BCUT2D eigenvalue weighted by Crippen LogP contribution is -2.38. The van der Waals surface area contributed by atoms with Gasteiger partial charge in [-0.25, -0.2) is 4.79 Å². The molecular weight excluding hydrogens is 306 g/mol. The van der Waals surface area contributed by atoms with Crippen LogP contribution < -0.4 is 0 Å². The molecule has 24 heavy (non-hydrogen) atoms. The van der Waals surface area contributed by atoms with Gasteiger partial charge in [0, 0.05) is 18.7 Å². The number of ketones is 2. The second-order valence-corrected chi connectivity index (χ2v) is 7.25. The van der Waals surface area contributed by atoms with E-state index in [4.69, 9.17) is 4.74 Å². The molecule has 0 radical (unpaired) electrons. The zero-order valence-corrected chi connectivity index (χ0v) is 14.8. The van der Waals surface area contributed by atoms with Crippen LogP contribution in [-0.4, -0.2) is 41.3 Å². The van der Waals surface area contributed by atoms with Crippen LogP contribution in [0.1, 0.15) is 55.6 Å². The van der Waals surface area contributed by atoms with E-state index >= 15 is 0 Å². The van der Waals surface area contributed by atoms with Crippen molar-refractivity contribution in [3.63, 3.8) is 0 Å². The summed E-state index contributed by atoms with van der Waals surface area (Å²) in [5.74, 6) is -0.287. The van der Waals surface area contributed by atoms with Gasteiger partial charge >= 0.3 is 6.09 Å². The molecule has 1 heterocycles. The van der Waals surface area contributed by atoms with Crippen LogP contribution in [0.5, 0.6) is 0 Å². The van der Waals surface area contributed by atoms with E-state index in [2.05, 4.69) is 0 Å². The molecule has 1 aromatic carbocycles. The second-order valence-electron chi connectivity index (χ2n) is 7.25. The van der Waals surface area contributed by atoms with Crippen molar-refractivity contribution in [2.24, 2.45) is 0 Å². The molecule has 1 aliphatic heterocycles. The van der Waals surface area contributed by atoms with Gasteiger partial charge in [-0.05, 0) is 57.7 Å². The molecule has 0 saturated heterocycles. The first kappa shape index (κ1) is 18.2. The second kappa shape index (κ2) is 7.16. The van der Waals surface area contributed by atoms with Gasteiger partial charge in [0.05, 0.1) is 6.42 Å². The number of ether oxygens (including phenoxy) is 1. The normalized spacial score (nSPS) is 14.6. The molecule has 1 aromatic rings. The summed E-state index contributed by atoms with van der Waals surface area (Å²) in [5, 5.41) is 0. The van der Waals surface area contributed by atoms with Crippen molar-refractivity contribution in [3.8, 4) is 0 Å². The summed E-state index contributed by atoms with van der Waals surface area (Å²) in [6.07, 6.45) is 1.04. The van der Waals surface area contributed by atoms with Crippen molar-refractivity contribution < 1.29 is 19.1 Å². The van der Waals surface area contributed by atoms with Crippen LogP contribution in [0.15, 0.2) is 18.2 Å². The van der Waals surface area contributed by atoms with Crippen LogP contribution in [-0.2, 0) is 22.4 Å². The molecule has 5 nitrogen and oxygen atoms in total. The number of amides is 1. The fraction of sp³-hybridized carbons (Fsp3) is 0.526. The van der Waals surface area contributed by atoms with E-state index in [0.29, 0.717) is 25.1 Å². The van der Waals surface area contributed by atoms with Gasteiger partial charge in [-0.1, -0.05) is 12.1 Å². The van der Waals surface area contributed by atoms with Crippen molar-refractivity contribution in [2.45, 2.75) is 52.6 Å². The van der Waals surface area contributed by atoms with Crippen molar-refractivity contribution >= 4 is 17.7 Å². The number of rotatable bonds is 3. The highest BCUT2D eigenvalue weighted by atomic mass is 16.6. The van der Waals surface area contributed by atoms with Crippen LogP contribution in [0.2, 0.25) is 0 Å². The lowest BCUT2D eigenvalue weighted by Gasteiger charge is -2.26. The highest BCUT2D eigenvalue weighted by molar-refractivity contribution is 6.07. The Morgan fingerprint density at radius 3 is 2.29 bits per heavy atom. The first-order valence-electron chi connectivity index (χ1n) is 8.28. The van der Waals surface area contributed by atoms with E-state index < -0.39 is 5.60 Å². The maximum absolute atomic E-state index is 12.2. The number of nitrogens with zero attached hydrogens (tertiary/aromatic N) is 1. The van der Waals surface area contributed by atoms with Crippen LogP contribution in [0, 0.1) is 0 Å². The highest BCUT2D eigenvalue weighted by Crippen LogP contribution is 2.20. The average Bonchev–Trinajstić information content (AvgIpc) is 2.66. The Morgan fingerprint density at radius 1 is 1.08 bits per heavy atom. The van der Waals surface area contributed by atoms with E-state index in [1.54, 1.807) is 11.0 Å². The van der Waals surface area contributed by atoms with Crippen molar-refractivity contribution in [1.29, 1.82) is 0 Å². The van der Waals surface area contributed by atoms with Gasteiger partial charge in [0.15, 0.2) is 5.78 Å². The Hall–Kier alpha value is -2.17. The van der Waals surface area contributed by atoms with Crippen molar-refractivity contribution in [3.05, 3.63) is 34.9 Å². The topological polar surface area (TPSA) is 63.7 Å². The summed E-state index contributed by atoms with van der Waals surface area (Å²) in [4.78, 5) is 37.1. The molecule has 0 N–H and O–H groups in total.